The number of halogens is 1. The van der Waals surface area contributed by atoms with Crippen LogP contribution in [0.2, 0.25) is 0 Å². The van der Waals surface area contributed by atoms with E-state index in [-0.39, 0.29) is 18.3 Å². The molecule has 1 heterocycles. The van der Waals surface area contributed by atoms with Gasteiger partial charge in [0.05, 0.1) is 6.04 Å². The summed E-state index contributed by atoms with van der Waals surface area (Å²) in [6.07, 6.45) is -0.232. The highest BCUT2D eigenvalue weighted by atomic mass is 32.2. The summed E-state index contributed by atoms with van der Waals surface area (Å²) < 4.78 is 18.5. The van der Waals surface area contributed by atoms with Crippen LogP contribution < -0.4 is 5.32 Å². The second-order valence-electron chi connectivity index (χ2n) is 7.02. The molecule has 1 aliphatic heterocycles. The first-order chi connectivity index (χ1) is 12.2. The number of carbonyl (C=O) groups excluding carboxylic acids is 2. The Balaban J connectivity index is 2.07. The number of hydrogen-bond donors (Lipinski definition) is 2. The maximum Gasteiger partial charge on any atom is 0.411 e. The molecule has 2 unspecified atom stereocenters. The van der Waals surface area contributed by atoms with Gasteiger partial charge in [-0.25, -0.2) is 9.18 Å². The number of ether oxygens (including phenoxy) is 1. The lowest BCUT2D eigenvalue weighted by Gasteiger charge is -2.28. The number of aliphatic hydroxyl groups excluding tert-OH is 1. The molecular weight excluding hydrogens is 359 g/mol. The average Bonchev–Trinajstić information content (AvgIpc) is 3.03. The van der Waals surface area contributed by atoms with Crippen LogP contribution in [0.4, 0.5) is 9.18 Å². The third-order valence-electron chi connectivity index (χ3n) is 3.75. The van der Waals surface area contributed by atoms with Gasteiger partial charge in [-0.3, -0.25) is 9.69 Å². The molecule has 6 nitrogen and oxygen atoms in total. The SMILES string of the molecule is CC(C)(C)OC(=O)N1CCSC1C(=O)NC(CCO)c1ccc(F)cc1. The molecule has 0 aromatic heterocycles. The van der Waals surface area contributed by atoms with E-state index >= 15 is 0 Å². The molecule has 1 saturated heterocycles. The quantitative estimate of drug-likeness (QED) is 0.816. The number of rotatable bonds is 5. The second kappa shape index (κ2) is 8.73. The fourth-order valence-corrected chi connectivity index (χ4v) is 3.70. The monoisotopic (exact) mass is 384 g/mol. The number of amides is 2. The molecule has 0 radical (unpaired) electrons. The molecule has 1 fully saturated rings. The highest BCUT2D eigenvalue weighted by Gasteiger charge is 2.38. The van der Waals surface area contributed by atoms with Crippen molar-refractivity contribution in [2.45, 2.75) is 44.2 Å². The number of nitrogens with one attached hydrogen (secondary N) is 1. The van der Waals surface area contributed by atoms with Crippen molar-refractivity contribution in [2.24, 2.45) is 0 Å². The van der Waals surface area contributed by atoms with E-state index in [9.17, 15) is 19.1 Å². The van der Waals surface area contributed by atoms with E-state index in [1.54, 1.807) is 32.9 Å². The lowest BCUT2D eigenvalue weighted by molar-refractivity contribution is -0.124. The maximum absolute atomic E-state index is 13.1. The van der Waals surface area contributed by atoms with Crippen LogP contribution in [0.25, 0.3) is 0 Å². The Hall–Kier alpha value is -1.80. The first-order valence-corrected chi connectivity index (χ1v) is 9.54. The standard InChI is InChI=1S/C18H25FN2O4S/c1-18(2,3)25-17(24)21-9-11-26-16(21)15(23)20-14(8-10-22)12-4-6-13(19)7-5-12/h4-7,14,16,22H,8-11H2,1-3H3,(H,20,23). The van der Waals surface area contributed by atoms with Gasteiger partial charge in [0.25, 0.3) is 5.91 Å². The third-order valence-corrected chi connectivity index (χ3v) is 4.95. The molecule has 0 saturated carbocycles. The molecule has 1 aliphatic rings. The number of aliphatic hydroxyl groups is 1. The summed E-state index contributed by atoms with van der Waals surface area (Å²) in [5.74, 6) is -0.0650. The number of benzene rings is 1. The molecule has 1 aromatic carbocycles. The van der Waals surface area contributed by atoms with E-state index in [2.05, 4.69) is 5.32 Å². The van der Waals surface area contributed by atoms with Crippen molar-refractivity contribution < 1.29 is 23.8 Å². The fraction of sp³-hybridized carbons (Fsp3) is 0.556. The van der Waals surface area contributed by atoms with Crippen molar-refractivity contribution in [2.75, 3.05) is 18.9 Å². The van der Waals surface area contributed by atoms with Crippen molar-refractivity contribution in [3.63, 3.8) is 0 Å². The summed E-state index contributed by atoms with van der Waals surface area (Å²) in [5.41, 5.74) is 0.0550. The highest BCUT2D eigenvalue weighted by Crippen LogP contribution is 2.27. The van der Waals surface area contributed by atoms with Gasteiger partial charge < -0.3 is 15.2 Å². The van der Waals surface area contributed by atoms with Crippen LogP contribution in [0.1, 0.15) is 38.8 Å². The van der Waals surface area contributed by atoms with Gasteiger partial charge in [0.1, 0.15) is 11.4 Å². The molecule has 26 heavy (non-hydrogen) atoms. The molecule has 2 atom stereocenters. The summed E-state index contributed by atoms with van der Waals surface area (Å²) in [5, 5.41) is 11.4. The molecule has 2 rings (SSSR count). The van der Waals surface area contributed by atoms with E-state index in [0.717, 1.165) is 0 Å². The van der Waals surface area contributed by atoms with Crippen LogP contribution in [0.15, 0.2) is 24.3 Å². The van der Waals surface area contributed by atoms with Crippen LogP contribution in [0.3, 0.4) is 0 Å². The minimum atomic E-state index is -0.688. The van der Waals surface area contributed by atoms with Crippen molar-refractivity contribution >= 4 is 23.8 Å². The summed E-state index contributed by atoms with van der Waals surface area (Å²) >= 11 is 1.36. The lowest BCUT2D eigenvalue weighted by Crippen LogP contribution is -2.47. The van der Waals surface area contributed by atoms with Gasteiger partial charge in [-0.1, -0.05) is 12.1 Å². The maximum atomic E-state index is 13.1. The Kier molecular flexibility index (Phi) is 6.88. The van der Waals surface area contributed by atoms with Crippen LogP contribution in [0, 0.1) is 5.82 Å². The van der Waals surface area contributed by atoms with Crippen molar-refractivity contribution in [1.29, 1.82) is 0 Å². The van der Waals surface area contributed by atoms with Gasteiger partial charge >= 0.3 is 6.09 Å². The van der Waals surface area contributed by atoms with Gasteiger partial charge in [0.15, 0.2) is 5.37 Å². The van der Waals surface area contributed by atoms with E-state index < -0.39 is 23.1 Å². The Labute approximate surface area is 157 Å². The second-order valence-corrected chi connectivity index (χ2v) is 8.21. The smallest absolute Gasteiger partial charge is 0.411 e. The first-order valence-electron chi connectivity index (χ1n) is 8.49. The minimum Gasteiger partial charge on any atom is -0.444 e. The molecule has 2 N–H and O–H groups in total. The van der Waals surface area contributed by atoms with Gasteiger partial charge in [-0.05, 0) is 44.9 Å². The predicted molar refractivity (Wildman–Crippen MR) is 98.2 cm³/mol. The first kappa shape index (κ1) is 20.5. The van der Waals surface area contributed by atoms with E-state index in [1.165, 1.54) is 28.8 Å². The van der Waals surface area contributed by atoms with Crippen molar-refractivity contribution in [3.05, 3.63) is 35.6 Å². The highest BCUT2D eigenvalue weighted by molar-refractivity contribution is 8.00. The molecule has 8 heteroatoms. The molecule has 2 amide bonds. The molecule has 0 spiro atoms. The van der Waals surface area contributed by atoms with Crippen LogP contribution >= 0.6 is 11.8 Å². The van der Waals surface area contributed by atoms with Crippen LogP contribution in [-0.4, -0.2) is 51.9 Å². The summed E-state index contributed by atoms with van der Waals surface area (Å²) in [7, 11) is 0. The van der Waals surface area contributed by atoms with E-state index in [4.69, 9.17) is 4.74 Å². The summed E-state index contributed by atoms with van der Waals surface area (Å²) in [6, 6.07) is 5.30. The van der Waals surface area contributed by atoms with Gasteiger partial charge in [-0.2, -0.15) is 0 Å². The molecule has 144 valence electrons. The minimum absolute atomic E-state index is 0.129. The average molecular weight is 384 g/mol. The zero-order valence-electron chi connectivity index (χ0n) is 15.2. The van der Waals surface area contributed by atoms with Crippen LogP contribution in [0.5, 0.6) is 0 Å². The van der Waals surface area contributed by atoms with Crippen molar-refractivity contribution in [3.8, 4) is 0 Å². The molecular formula is C18H25FN2O4S. The van der Waals surface area contributed by atoms with Gasteiger partial charge in [0.2, 0.25) is 0 Å². The number of hydrogen-bond acceptors (Lipinski definition) is 5. The molecule has 0 bridgehead atoms. The Morgan fingerprint density at radius 3 is 2.62 bits per heavy atom. The van der Waals surface area contributed by atoms with Gasteiger partial charge in [-0.15, -0.1) is 11.8 Å². The van der Waals surface area contributed by atoms with E-state index in [1.807, 2.05) is 0 Å². The number of nitrogens with zero attached hydrogens (tertiary/aromatic N) is 1. The van der Waals surface area contributed by atoms with E-state index in [0.29, 0.717) is 24.3 Å². The largest absolute Gasteiger partial charge is 0.444 e. The topological polar surface area (TPSA) is 78.9 Å². The third kappa shape index (κ3) is 5.60. The molecule has 0 aliphatic carbocycles. The van der Waals surface area contributed by atoms with Gasteiger partial charge in [0, 0.05) is 18.9 Å². The zero-order valence-corrected chi connectivity index (χ0v) is 16.0. The molecule has 1 aromatic rings. The Bertz CT molecular complexity index is 633. The summed E-state index contributed by atoms with van der Waals surface area (Å²) in [6.45, 7) is 5.62. The zero-order chi connectivity index (χ0) is 19.3. The Morgan fingerprint density at radius 1 is 1.38 bits per heavy atom. The summed E-state index contributed by atoms with van der Waals surface area (Å²) in [4.78, 5) is 26.4. The van der Waals surface area contributed by atoms with Crippen LogP contribution in [-0.2, 0) is 9.53 Å². The number of thioether (sulfide) groups is 1. The van der Waals surface area contributed by atoms with Crippen molar-refractivity contribution in [1.82, 2.24) is 10.2 Å². The normalized spacial score (nSPS) is 18.5. The predicted octanol–water partition coefficient (Wildman–Crippen LogP) is 2.68. The Morgan fingerprint density at radius 2 is 2.04 bits per heavy atom. The fourth-order valence-electron chi connectivity index (χ4n) is 2.58. The lowest BCUT2D eigenvalue weighted by atomic mass is 10.0. The number of carbonyl (C=O) groups is 2.